The number of nitrogens with zero attached hydrogens (tertiary/aromatic N) is 2. The third kappa shape index (κ3) is 5.08. The predicted molar refractivity (Wildman–Crippen MR) is 111 cm³/mol. The maximum absolute atomic E-state index is 12.2. The summed E-state index contributed by atoms with van der Waals surface area (Å²) >= 11 is 0. The Balaban J connectivity index is 1.50. The Morgan fingerprint density at radius 1 is 1.20 bits per heavy atom. The second-order valence-corrected chi connectivity index (χ2v) is 6.66. The first-order valence-corrected chi connectivity index (χ1v) is 9.45. The van der Waals surface area contributed by atoms with Gasteiger partial charge in [0.05, 0.1) is 22.2 Å². The van der Waals surface area contributed by atoms with E-state index in [0.29, 0.717) is 40.8 Å². The summed E-state index contributed by atoms with van der Waals surface area (Å²) < 4.78 is 5.16. The molecule has 152 valence electrons. The second-order valence-electron chi connectivity index (χ2n) is 6.66. The van der Waals surface area contributed by atoms with E-state index in [2.05, 4.69) is 15.3 Å². The van der Waals surface area contributed by atoms with Gasteiger partial charge in [0.25, 0.3) is 11.5 Å². The highest BCUT2D eigenvalue weighted by Gasteiger charge is 2.19. The van der Waals surface area contributed by atoms with Crippen LogP contribution in [0.1, 0.15) is 31.2 Å². The van der Waals surface area contributed by atoms with Crippen molar-refractivity contribution in [1.29, 1.82) is 5.26 Å². The Kier molecular flexibility index (Phi) is 6.55. The molecule has 0 spiro atoms. The minimum absolute atomic E-state index is 0.0724. The highest BCUT2D eigenvalue weighted by atomic mass is 16.5. The number of anilines is 1. The minimum Gasteiger partial charge on any atom is -0.453 e. The molecule has 1 atom stereocenters. The fourth-order valence-corrected chi connectivity index (χ4v) is 2.89. The number of esters is 1. The van der Waals surface area contributed by atoms with Gasteiger partial charge in [-0.1, -0.05) is 24.3 Å². The molecule has 30 heavy (non-hydrogen) atoms. The molecule has 0 aliphatic rings. The maximum Gasteiger partial charge on any atom is 0.306 e. The van der Waals surface area contributed by atoms with Gasteiger partial charge < -0.3 is 15.0 Å². The van der Waals surface area contributed by atoms with Gasteiger partial charge in [-0.25, -0.2) is 4.98 Å². The van der Waals surface area contributed by atoms with E-state index in [1.54, 1.807) is 48.5 Å². The van der Waals surface area contributed by atoms with Crippen molar-refractivity contribution in [3.63, 3.8) is 0 Å². The summed E-state index contributed by atoms with van der Waals surface area (Å²) in [5.74, 6) is -0.564. The summed E-state index contributed by atoms with van der Waals surface area (Å²) in [5, 5.41) is 12.2. The molecular formula is C22H20N4O4. The van der Waals surface area contributed by atoms with Crippen molar-refractivity contribution in [2.45, 2.75) is 32.3 Å². The number of carbonyl (C=O) groups excluding carboxylic acids is 2. The molecule has 0 saturated heterocycles. The standard InChI is InChI=1S/C22H20N4O4/c1-14(21(28)25-17-9-4-2-7-15(17)13-23)30-20(27)12-6-11-19-24-18-10-5-3-8-16(18)22(29)26-19/h2-5,7-10,14H,6,11-12H2,1H3,(H,25,28)(H,24,26,29)/t14-/m1/s1. The number of amides is 1. The molecule has 0 fully saturated rings. The van der Waals surface area contributed by atoms with Crippen molar-refractivity contribution in [3.8, 4) is 6.07 Å². The molecule has 0 radical (unpaired) electrons. The van der Waals surface area contributed by atoms with E-state index in [0.717, 1.165) is 0 Å². The smallest absolute Gasteiger partial charge is 0.306 e. The number of nitriles is 1. The molecule has 1 aromatic heterocycles. The van der Waals surface area contributed by atoms with Gasteiger partial charge in [0.2, 0.25) is 0 Å². The summed E-state index contributed by atoms with van der Waals surface area (Å²) in [7, 11) is 0. The topological polar surface area (TPSA) is 125 Å². The van der Waals surface area contributed by atoms with Gasteiger partial charge in [-0.3, -0.25) is 14.4 Å². The number of hydrogen-bond acceptors (Lipinski definition) is 6. The predicted octanol–water partition coefficient (Wildman–Crippen LogP) is 2.69. The van der Waals surface area contributed by atoms with Crippen LogP contribution in [0.2, 0.25) is 0 Å². The molecule has 2 N–H and O–H groups in total. The fraction of sp³-hybridized carbons (Fsp3) is 0.227. The van der Waals surface area contributed by atoms with Crippen molar-refractivity contribution >= 4 is 28.5 Å². The van der Waals surface area contributed by atoms with E-state index in [1.165, 1.54) is 6.92 Å². The lowest BCUT2D eigenvalue weighted by Crippen LogP contribution is -2.30. The molecule has 3 rings (SSSR count). The molecule has 0 unspecified atom stereocenters. The van der Waals surface area contributed by atoms with Crippen molar-refractivity contribution in [1.82, 2.24) is 9.97 Å². The van der Waals surface area contributed by atoms with Crippen LogP contribution in [-0.2, 0) is 20.7 Å². The third-order valence-electron chi connectivity index (χ3n) is 4.44. The number of aromatic amines is 1. The van der Waals surface area contributed by atoms with E-state index in [-0.39, 0.29) is 12.0 Å². The quantitative estimate of drug-likeness (QED) is 0.583. The van der Waals surface area contributed by atoms with Crippen LogP contribution in [0, 0.1) is 11.3 Å². The molecule has 8 heteroatoms. The molecular weight excluding hydrogens is 384 g/mol. The van der Waals surface area contributed by atoms with E-state index in [1.807, 2.05) is 6.07 Å². The number of fused-ring (bicyclic) bond motifs is 1. The number of nitrogens with one attached hydrogen (secondary N) is 2. The van der Waals surface area contributed by atoms with Crippen LogP contribution >= 0.6 is 0 Å². The van der Waals surface area contributed by atoms with Crippen molar-refractivity contribution in [2.24, 2.45) is 0 Å². The zero-order valence-electron chi connectivity index (χ0n) is 16.3. The summed E-state index contributed by atoms with van der Waals surface area (Å²) in [6.45, 7) is 1.46. The average molecular weight is 404 g/mol. The van der Waals surface area contributed by atoms with Crippen LogP contribution in [0.3, 0.4) is 0 Å². The van der Waals surface area contributed by atoms with E-state index in [4.69, 9.17) is 10.00 Å². The molecule has 0 saturated carbocycles. The summed E-state index contributed by atoms with van der Waals surface area (Å²) in [5.41, 5.74) is 1.06. The number of benzene rings is 2. The van der Waals surface area contributed by atoms with E-state index in [9.17, 15) is 14.4 Å². The largest absolute Gasteiger partial charge is 0.453 e. The minimum atomic E-state index is -1.01. The van der Waals surface area contributed by atoms with Crippen LogP contribution in [0.25, 0.3) is 10.9 Å². The highest BCUT2D eigenvalue weighted by molar-refractivity contribution is 5.96. The van der Waals surface area contributed by atoms with Crippen LogP contribution in [0.5, 0.6) is 0 Å². The van der Waals surface area contributed by atoms with Gasteiger partial charge in [0, 0.05) is 12.8 Å². The average Bonchev–Trinajstić information content (AvgIpc) is 2.74. The van der Waals surface area contributed by atoms with E-state index < -0.39 is 18.0 Å². The van der Waals surface area contributed by atoms with Gasteiger partial charge in [0.1, 0.15) is 11.9 Å². The first-order valence-electron chi connectivity index (χ1n) is 9.45. The maximum atomic E-state index is 12.2. The Labute approximate surface area is 172 Å². The number of rotatable bonds is 7. The molecule has 1 heterocycles. The Morgan fingerprint density at radius 2 is 1.93 bits per heavy atom. The van der Waals surface area contributed by atoms with Gasteiger partial charge in [0.15, 0.2) is 6.10 Å². The SMILES string of the molecule is C[C@@H](OC(=O)CCCc1nc2ccccc2c(=O)[nH]1)C(=O)Nc1ccccc1C#N. The zero-order chi connectivity index (χ0) is 21.5. The second kappa shape index (κ2) is 9.47. The molecule has 1 amide bonds. The number of aryl methyl sites for hydroxylation is 1. The van der Waals surface area contributed by atoms with Crippen LogP contribution in [0.15, 0.2) is 53.3 Å². The van der Waals surface area contributed by atoms with Crippen molar-refractivity contribution in [2.75, 3.05) is 5.32 Å². The number of para-hydroxylation sites is 2. The Morgan fingerprint density at radius 3 is 2.73 bits per heavy atom. The number of H-pyrrole nitrogens is 1. The lowest BCUT2D eigenvalue weighted by atomic mass is 10.2. The normalized spacial score (nSPS) is 11.5. The first kappa shape index (κ1) is 20.7. The molecule has 0 bridgehead atoms. The molecule has 2 aromatic carbocycles. The monoisotopic (exact) mass is 404 g/mol. The van der Waals surface area contributed by atoms with Crippen molar-refractivity contribution in [3.05, 3.63) is 70.3 Å². The summed E-state index contributed by atoms with van der Waals surface area (Å²) in [6.07, 6.45) is -0.136. The summed E-state index contributed by atoms with van der Waals surface area (Å²) in [4.78, 5) is 43.4. The lowest BCUT2D eigenvalue weighted by molar-refractivity contribution is -0.153. The summed E-state index contributed by atoms with van der Waals surface area (Å²) in [6, 6.07) is 15.6. The van der Waals surface area contributed by atoms with E-state index >= 15 is 0 Å². The fourth-order valence-electron chi connectivity index (χ4n) is 2.89. The molecule has 3 aromatic rings. The number of carbonyl (C=O) groups is 2. The Hall–Kier alpha value is -3.99. The third-order valence-corrected chi connectivity index (χ3v) is 4.44. The molecule has 0 aliphatic heterocycles. The van der Waals surface area contributed by atoms with Crippen LogP contribution in [0.4, 0.5) is 5.69 Å². The van der Waals surface area contributed by atoms with Gasteiger partial charge in [-0.15, -0.1) is 0 Å². The molecule has 0 aliphatic carbocycles. The van der Waals surface area contributed by atoms with Gasteiger partial charge in [-0.05, 0) is 37.6 Å². The number of ether oxygens (including phenoxy) is 1. The first-order chi connectivity index (χ1) is 14.5. The number of hydrogen-bond donors (Lipinski definition) is 2. The van der Waals surface area contributed by atoms with Crippen molar-refractivity contribution < 1.29 is 14.3 Å². The van der Waals surface area contributed by atoms with Crippen LogP contribution < -0.4 is 10.9 Å². The van der Waals surface area contributed by atoms with Gasteiger partial charge >= 0.3 is 5.97 Å². The Bertz CT molecular complexity index is 1180. The number of aromatic nitrogens is 2. The highest BCUT2D eigenvalue weighted by Crippen LogP contribution is 2.14. The zero-order valence-corrected chi connectivity index (χ0v) is 16.3. The molecule has 8 nitrogen and oxygen atoms in total. The van der Waals surface area contributed by atoms with Crippen LogP contribution in [-0.4, -0.2) is 27.9 Å². The van der Waals surface area contributed by atoms with Gasteiger partial charge in [-0.2, -0.15) is 5.26 Å². The lowest BCUT2D eigenvalue weighted by Gasteiger charge is -2.14.